The predicted molar refractivity (Wildman–Crippen MR) is 234 cm³/mol. The largest absolute Gasteiger partial charge is 0.444 e. The number of hydrogen-bond donors (Lipinski definition) is 4. The Kier molecular flexibility index (Phi) is 13.6. The number of rotatable bonds is 17. The number of benzene rings is 2. The average Bonchev–Trinajstić information content (AvgIpc) is 4.02. The molecule has 2 atom stereocenters. The van der Waals surface area contributed by atoms with Gasteiger partial charge in [-0.25, -0.2) is 14.5 Å². The van der Waals surface area contributed by atoms with Crippen molar-refractivity contribution >= 4 is 40.3 Å². The zero-order chi connectivity index (χ0) is 46.5. The van der Waals surface area contributed by atoms with E-state index in [-0.39, 0.29) is 59.2 Å². The van der Waals surface area contributed by atoms with Crippen LogP contribution in [0.25, 0.3) is 28.2 Å². The number of amides is 4. The summed E-state index contributed by atoms with van der Waals surface area (Å²) in [6.07, 6.45) is 1.32. The molecule has 346 valence electrons. The van der Waals surface area contributed by atoms with E-state index in [4.69, 9.17) is 14.9 Å². The van der Waals surface area contributed by atoms with Gasteiger partial charge in [0.1, 0.15) is 12.3 Å². The number of aromatic nitrogens is 6. The number of halogens is 3. The lowest BCUT2D eigenvalue weighted by Crippen LogP contribution is -2.44. The number of imidazole rings is 1. The van der Waals surface area contributed by atoms with E-state index in [0.29, 0.717) is 36.3 Å². The Hall–Kier alpha value is -6.97. The minimum absolute atomic E-state index is 0.000386. The minimum Gasteiger partial charge on any atom is -0.444 e. The second-order valence-electron chi connectivity index (χ2n) is 16.4. The summed E-state index contributed by atoms with van der Waals surface area (Å²) in [4.78, 5) is 73.3. The third kappa shape index (κ3) is 10.8. The molecule has 2 aliphatic heterocycles. The Bertz CT molecular complexity index is 2810. The molecule has 2 saturated heterocycles. The van der Waals surface area contributed by atoms with Crippen LogP contribution >= 0.6 is 0 Å². The fraction of sp³-hybridized carbons (Fsp3) is 0.378. The number of carbonyl (C=O) groups excluding carboxylic acids is 4. The number of oxazole rings is 1. The molecule has 1 unspecified atom stereocenters. The molecule has 5 N–H and O–H groups in total. The third-order valence-corrected chi connectivity index (χ3v) is 11.7. The first-order valence-electron chi connectivity index (χ1n) is 21.5. The van der Waals surface area contributed by atoms with Crippen LogP contribution in [0.5, 0.6) is 0 Å². The number of alkyl halides is 3. The number of anilines is 1. The summed E-state index contributed by atoms with van der Waals surface area (Å²) >= 11 is 0. The van der Waals surface area contributed by atoms with Gasteiger partial charge in [0.15, 0.2) is 11.4 Å². The molecule has 6 heterocycles. The molecule has 2 aromatic carbocycles. The summed E-state index contributed by atoms with van der Waals surface area (Å²) in [6.45, 7) is 4.56. The topological polar surface area (TPSA) is 227 Å². The van der Waals surface area contributed by atoms with Gasteiger partial charge in [0.25, 0.3) is 11.8 Å². The molecule has 21 heteroatoms. The van der Waals surface area contributed by atoms with E-state index in [0.717, 1.165) is 68.3 Å². The summed E-state index contributed by atoms with van der Waals surface area (Å²) in [6, 6.07) is 15.6. The first-order chi connectivity index (χ1) is 31.7. The second kappa shape index (κ2) is 19.6. The molecule has 0 bridgehead atoms. The summed E-state index contributed by atoms with van der Waals surface area (Å²) < 4.78 is 54.1. The molecule has 6 aromatic rings. The molecule has 0 spiro atoms. The zero-order valence-electron chi connectivity index (χ0n) is 36.0. The minimum atomic E-state index is -4.33. The van der Waals surface area contributed by atoms with Crippen LogP contribution in [-0.4, -0.2) is 102 Å². The predicted octanol–water partition coefficient (Wildman–Crippen LogP) is 4.21. The number of imide groups is 1. The lowest BCUT2D eigenvalue weighted by Gasteiger charge is -2.33. The van der Waals surface area contributed by atoms with E-state index >= 15 is 0 Å². The van der Waals surface area contributed by atoms with Crippen LogP contribution in [0.2, 0.25) is 0 Å². The number of nitrogens with two attached hydrogens (primary N) is 1. The van der Waals surface area contributed by atoms with Gasteiger partial charge in [-0.15, -0.1) is 0 Å². The van der Waals surface area contributed by atoms with E-state index in [9.17, 15) is 37.1 Å². The second-order valence-corrected chi connectivity index (χ2v) is 16.4. The molecular weight excluding hydrogens is 864 g/mol. The Balaban J connectivity index is 0.785. The quantitative estimate of drug-likeness (QED) is 0.0746. The zero-order valence-corrected chi connectivity index (χ0v) is 36.0. The molecule has 4 amide bonds. The van der Waals surface area contributed by atoms with Gasteiger partial charge < -0.3 is 25.5 Å². The number of pyridine rings is 1. The highest BCUT2D eigenvalue weighted by Crippen LogP contribution is 2.27. The van der Waals surface area contributed by atoms with Crippen molar-refractivity contribution in [3.63, 3.8) is 0 Å². The molecule has 18 nitrogen and oxygen atoms in total. The maximum atomic E-state index is 13.1. The van der Waals surface area contributed by atoms with Crippen LogP contribution in [0, 0.1) is 0 Å². The molecule has 66 heavy (non-hydrogen) atoms. The fourth-order valence-electron chi connectivity index (χ4n) is 8.22. The van der Waals surface area contributed by atoms with Gasteiger partial charge >= 0.3 is 11.9 Å². The molecule has 2 aliphatic rings. The smallest absolute Gasteiger partial charge is 0.389 e. The normalized spacial score (nSPS) is 17.0. The van der Waals surface area contributed by atoms with Crippen LogP contribution in [-0.2, 0) is 40.8 Å². The lowest BCUT2D eigenvalue weighted by molar-refractivity contribution is -0.136. The van der Waals surface area contributed by atoms with Crippen molar-refractivity contribution in [2.24, 2.45) is 12.8 Å². The van der Waals surface area contributed by atoms with Gasteiger partial charge in [-0.2, -0.15) is 18.3 Å². The Morgan fingerprint density at radius 1 is 1.02 bits per heavy atom. The number of nitrogens with one attached hydrogen (secondary N) is 3. The summed E-state index contributed by atoms with van der Waals surface area (Å²) in [5.74, 6) is -2.37. The van der Waals surface area contributed by atoms with E-state index in [2.05, 4.69) is 35.9 Å². The van der Waals surface area contributed by atoms with Gasteiger partial charge in [-0.3, -0.25) is 43.5 Å². The first kappa shape index (κ1) is 45.6. The van der Waals surface area contributed by atoms with E-state index < -0.39 is 36.4 Å². The van der Waals surface area contributed by atoms with Crippen molar-refractivity contribution in [2.75, 3.05) is 38.1 Å². The van der Waals surface area contributed by atoms with Crippen LogP contribution in [0.1, 0.15) is 75.9 Å². The Morgan fingerprint density at radius 2 is 1.82 bits per heavy atom. The molecule has 0 saturated carbocycles. The number of carbonyl (C=O) groups is 4. The SMILES string of the molecule is Cn1c(=O)n(C2CCC(=O)NC2=O)c2ccc(CCCN3CCO[C@H](CCNCc4ccc(-n5cc(NC(=O)c6coc(-c7ccnc(CCC(F)(F)F)c7)n6)c(C(N)=O)n5)cc4)C3)cc21. The molecular formula is C45H48F3N11O7. The standard InChI is InChI=1S/C45H48F3N11O7/c1-56-37-21-27(6-9-35(37)59(44(56)64)36-10-11-38(60)54-42(36)63)3-2-18-57-19-20-65-32(24-57)14-16-50-23-28-4-7-31(8-5-28)58-25-33(39(55-58)40(49)61)52-41(62)34-26-66-43(53-34)29-13-17-51-30(22-29)12-15-45(46,47)48/h4-9,13,17,21-22,25-26,32,36,50H,2-3,10-12,14-16,18-20,23-24H2,1H3,(H2,49,61)(H,52,62)(H,54,60,63)/t32-,36?/m1/s1. The Labute approximate surface area is 375 Å². The Morgan fingerprint density at radius 3 is 2.59 bits per heavy atom. The summed E-state index contributed by atoms with van der Waals surface area (Å²) in [7, 11) is 1.70. The van der Waals surface area contributed by atoms with Crippen molar-refractivity contribution < 1.29 is 41.5 Å². The van der Waals surface area contributed by atoms with Crippen LogP contribution in [0.15, 0.2) is 82.5 Å². The number of morpholine rings is 1. The van der Waals surface area contributed by atoms with E-state index in [1.54, 1.807) is 11.6 Å². The molecule has 0 radical (unpaired) electrons. The van der Waals surface area contributed by atoms with E-state index in [1.807, 2.05) is 42.5 Å². The highest BCUT2D eigenvalue weighted by atomic mass is 19.4. The molecule has 0 aliphatic carbocycles. The molecule has 8 rings (SSSR count). The van der Waals surface area contributed by atoms with Crippen molar-refractivity contribution in [3.8, 4) is 17.1 Å². The number of aryl methyl sites for hydroxylation is 3. The van der Waals surface area contributed by atoms with Crippen LogP contribution in [0.4, 0.5) is 18.9 Å². The van der Waals surface area contributed by atoms with Crippen LogP contribution < -0.4 is 27.4 Å². The number of ether oxygens (including phenoxy) is 1. The number of primary amides is 1. The maximum Gasteiger partial charge on any atom is 0.389 e. The highest BCUT2D eigenvalue weighted by molar-refractivity contribution is 6.07. The van der Waals surface area contributed by atoms with Crippen molar-refractivity contribution in [3.05, 3.63) is 112 Å². The maximum absolute atomic E-state index is 13.1. The van der Waals surface area contributed by atoms with E-state index in [1.165, 1.54) is 33.8 Å². The van der Waals surface area contributed by atoms with Crippen LogP contribution in [0.3, 0.4) is 0 Å². The number of fused-ring (bicyclic) bond motifs is 1. The van der Waals surface area contributed by atoms with Gasteiger partial charge in [0.05, 0.1) is 41.3 Å². The first-order valence-corrected chi connectivity index (χ1v) is 21.5. The summed E-state index contributed by atoms with van der Waals surface area (Å²) in [5.41, 5.74) is 9.69. The van der Waals surface area contributed by atoms with Gasteiger partial charge in [-0.1, -0.05) is 18.2 Å². The van der Waals surface area contributed by atoms with Crippen molar-refractivity contribution in [1.82, 2.24) is 44.4 Å². The lowest BCUT2D eigenvalue weighted by atomic mass is 10.0. The van der Waals surface area contributed by atoms with Gasteiger partial charge in [0.2, 0.25) is 17.7 Å². The van der Waals surface area contributed by atoms with Gasteiger partial charge in [0, 0.05) is 57.0 Å². The monoisotopic (exact) mass is 911 g/mol. The number of hydrogen-bond acceptors (Lipinski definition) is 12. The number of piperidine rings is 1. The molecule has 4 aromatic heterocycles. The molecule has 2 fully saturated rings. The fourth-order valence-corrected chi connectivity index (χ4v) is 8.22. The highest BCUT2D eigenvalue weighted by Gasteiger charge is 2.32. The van der Waals surface area contributed by atoms with Crippen molar-refractivity contribution in [2.45, 2.75) is 69.8 Å². The average molecular weight is 912 g/mol. The number of nitrogens with zero attached hydrogens (tertiary/aromatic N) is 7. The summed E-state index contributed by atoms with van der Waals surface area (Å²) in [5, 5.41) is 12.7. The third-order valence-electron chi connectivity index (χ3n) is 11.7. The van der Waals surface area contributed by atoms with Gasteiger partial charge in [-0.05, 0) is 92.7 Å². The van der Waals surface area contributed by atoms with Crippen molar-refractivity contribution in [1.29, 1.82) is 0 Å².